The van der Waals surface area contributed by atoms with Gasteiger partial charge in [-0.05, 0) is 148 Å². The fraction of sp³-hybridized carbons (Fsp3) is 0.204. The molecule has 0 N–H and O–H groups in total. The average molecular weight is 1490 g/mol. The first-order chi connectivity index (χ1) is 55.3. The summed E-state index contributed by atoms with van der Waals surface area (Å²) in [6.45, 7) is 30.8. The van der Waals surface area contributed by atoms with E-state index >= 15 is 0 Å². The molecule has 0 bridgehead atoms. The van der Waals surface area contributed by atoms with E-state index in [4.69, 9.17) is 4.42 Å². The van der Waals surface area contributed by atoms with Gasteiger partial charge in [-0.25, -0.2) is 0 Å². The van der Waals surface area contributed by atoms with Gasteiger partial charge in [0, 0.05) is 67.6 Å². The minimum atomic E-state index is -0.290. The molecule has 115 heavy (non-hydrogen) atoms. The summed E-state index contributed by atoms with van der Waals surface area (Å²) in [6.07, 6.45) is 0. The Balaban J connectivity index is 0.921. The van der Waals surface area contributed by atoms with Gasteiger partial charge in [-0.3, -0.25) is 0 Å². The molecule has 0 saturated heterocycles. The summed E-state index contributed by atoms with van der Waals surface area (Å²) in [6, 6.07) is 92.3. The van der Waals surface area contributed by atoms with Crippen molar-refractivity contribution in [3.05, 3.63) is 270 Å². The lowest BCUT2D eigenvalue weighted by Gasteiger charge is -2.57. The van der Waals surface area contributed by atoms with Crippen LogP contribution in [0.5, 0.6) is 0 Å². The molecule has 9 aliphatic heterocycles. The molecule has 12 heteroatoms. The fourth-order valence-electron chi connectivity index (χ4n) is 21.8. The van der Waals surface area contributed by atoms with Crippen LogP contribution < -0.4 is 76.9 Å². The Bertz CT molecular complexity index is 6590. The summed E-state index contributed by atoms with van der Waals surface area (Å²) in [5, 5.41) is 0. The fourth-order valence-corrected chi connectivity index (χ4v) is 21.8. The van der Waals surface area contributed by atoms with Gasteiger partial charge in [-0.15, -0.1) is 0 Å². The molecule has 0 spiro atoms. The Morgan fingerprint density at radius 2 is 0.643 bits per heavy atom. The Hall–Kier alpha value is -12.5. The molecule has 14 aromatic rings. The van der Waals surface area contributed by atoms with Crippen LogP contribution in [0.1, 0.15) is 111 Å². The maximum Gasteiger partial charge on any atom is 0.252 e. The summed E-state index contributed by atoms with van der Waals surface area (Å²) in [4.78, 5) is 24.1. The van der Waals surface area contributed by atoms with Crippen LogP contribution >= 0.6 is 0 Å². The minimum absolute atomic E-state index is 0.208. The molecule has 1 aromatic heterocycles. The molecule has 560 valence electrons. The summed E-state index contributed by atoms with van der Waals surface area (Å²) in [7, 11) is 9.47. The first-order valence-corrected chi connectivity index (χ1v) is 41.1. The number of anilines is 23. The van der Waals surface area contributed by atoms with Gasteiger partial charge >= 0.3 is 0 Å². The van der Waals surface area contributed by atoms with Crippen molar-refractivity contribution in [2.24, 2.45) is 0 Å². The highest BCUT2D eigenvalue weighted by Crippen LogP contribution is 2.72. The normalized spacial score (nSPS) is 14.8. The lowest BCUT2D eigenvalue weighted by molar-refractivity contribution is 0.568. The van der Waals surface area contributed by atoms with Crippen LogP contribution in [0.15, 0.2) is 247 Å². The monoisotopic (exact) mass is 1490 g/mol. The quantitative estimate of drug-likeness (QED) is 0.144. The van der Waals surface area contributed by atoms with E-state index in [0.29, 0.717) is 0 Å². The van der Waals surface area contributed by atoms with Gasteiger partial charge in [0.25, 0.3) is 13.4 Å². The number of nitrogens with zero attached hydrogens (tertiary/aromatic N) is 9. The highest BCUT2D eigenvalue weighted by atomic mass is 16.3. The first kappa shape index (κ1) is 68.1. The van der Waals surface area contributed by atoms with Gasteiger partial charge in [-0.2, -0.15) is 0 Å². The summed E-state index contributed by atoms with van der Waals surface area (Å²) < 4.78 is 8.16. The standard InChI is InChI=1S/C103H91B2N9O/c1-58-52-75-79-92-81(58)107(15)84-68(101(5,6)7)55-67(100(2,3)4)83-94(84)113(92)87-74(53-63(54-77(87)106(83)14)59-36-24-18-25-37-59)105(79)73-51-50-72-89-90(73)111(75)96-97(99(62-42-30-21-31-43-62)115-98(96)61-40-28-20-29-41-61)112(89)76-57-78(110(64-44-32-22-33-45-64)65-46-34-23-35-47-65)91-93-80(76)104(72)71-49-48-66(60-38-26-19-27-39-60)82-88(71)114(93)95-85(108(82)16)69(102(8,9)10)56-70(103(11,12)13)86(95)109(91)17/h18-57H,1-17H3. The SMILES string of the molecule is Cc1cc2c3c4c1N(C)c1c(C(C)(C)C)cc(C(C)(C)C)c5c1N4c1c(cc(-c4ccccc4)cc1N5C)B3c1ccc3c4c1N2c1c(-c2ccccc2)oc(-c2ccccc2)c1N4c1cc(N(c2ccccc2)c2ccccc2)c2c4c1B3c1ccc(-c3ccccc3)c3c1N4c1c(c(C(C)(C)C)cc(C(C)(C)C)c1N2C)N3C. The molecule has 0 unspecified atom stereocenters. The molecule has 0 aliphatic carbocycles. The number of para-hydroxylation sites is 2. The van der Waals surface area contributed by atoms with Crippen molar-refractivity contribution in [3.8, 4) is 44.9 Å². The molecule has 0 fully saturated rings. The molecule has 9 aliphatic rings. The molecule has 0 saturated carbocycles. The number of hydrogen-bond acceptors (Lipinski definition) is 10. The molecular formula is C103H91B2N9O. The molecule has 13 aromatic carbocycles. The van der Waals surface area contributed by atoms with Gasteiger partial charge in [-0.1, -0.05) is 283 Å². The van der Waals surface area contributed by atoms with E-state index in [9.17, 15) is 0 Å². The number of hydrogen-bond donors (Lipinski definition) is 0. The molecule has 0 radical (unpaired) electrons. The van der Waals surface area contributed by atoms with E-state index < -0.39 is 0 Å². The van der Waals surface area contributed by atoms with Crippen LogP contribution in [-0.2, 0) is 21.7 Å². The van der Waals surface area contributed by atoms with Crippen LogP contribution in [0, 0.1) is 6.92 Å². The predicted molar refractivity (Wildman–Crippen MR) is 489 cm³/mol. The highest BCUT2D eigenvalue weighted by Gasteiger charge is 2.60. The average Bonchev–Trinajstić information content (AvgIpc) is 1.46. The molecular weight excluding hydrogens is 1400 g/mol. The van der Waals surface area contributed by atoms with E-state index in [0.717, 1.165) is 73.8 Å². The van der Waals surface area contributed by atoms with E-state index in [1.54, 1.807) is 0 Å². The highest BCUT2D eigenvalue weighted by molar-refractivity contribution is 7.03. The second-order valence-corrected chi connectivity index (χ2v) is 37.5. The van der Waals surface area contributed by atoms with Crippen LogP contribution in [0.3, 0.4) is 0 Å². The molecule has 10 nitrogen and oxygen atoms in total. The van der Waals surface area contributed by atoms with Gasteiger partial charge in [0.1, 0.15) is 11.4 Å². The summed E-state index contributed by atoms with van der Waals surface area (Å²) in [5.41, 5.74) is 46.8. The van der Waals surface area contributed by atoms with Crippen molar-refractivity contribution in [2.75, 3.05) is 72.3 Å². The molecule has 23 rings (SSSR count). The van der Waals surface area contributed by atoms with Crippen molar-refractivity contribution in [3.63, 3.8) is 0 Å². The molecule has 0 atom stereocenters. The lowest BCUT2D eigenvalue weighted by Crippen LogP contribution is -2.66. The minimum Gasteiger partial charge on any atom is -0.452 e. The third kappa shape index (κ3) is 8.82. The number of furan rings is 1. The number of rotatable bonds is 7. The smallest absolute Gasteiger partial charge is 0.252 e. The maximum atomic E-state index is 8.16. The molecule has 10 heterocycles. The summed E-state index contributed by atoms with van der Waals surface area (Å²) >= 11 is 0. The van der Waals surface area contributed by atoms with Gasteiger partial charge in [0.15, 0.2) is 11.5 Å². The Kier molecular flexibility index (Phi) is 13.6. The number of aryl methyl sites for hydroxylation is 1. The van der Waals surface area contributed by atoms with Crippen molar-refractivity contribution in [1.29, 1.82) is 0 Å². The van der Waals surface area contributed by atoms with Gasteiger partial charge in [0.05, 0.1) is 96.7 Å². The van der Waals surface area contributed by atoms with Crippen molar-refractivity contribution in [2.45, 2.75) is 112 Å². The zero-order chi connectivity index (χ0) is 78.6. The first-order valence-electron chi connectivity index (χ1n) is 41.1. The van der Waals surface area contributed by atoms with Crippen molar-refractivity contribution >= 4 is 177 Å². The van der Waals surface area contributed by atoms with E-state index in [1.165, 1.54) is 162 Å². The van der Waals surface area contributed by atoms with Gasteiger partial charge in [0.2, 0.25) is 0 Å². The van der Waals surface area contributed by atoms with E-state index in [-0.39, 0.29) is 35.1 Å². The zero-order valence-corrected chi connectivity index (χ0v) is 68.7. The van der Waals surface area contributed by atoms with E-state index in [2.05, 4.69) is 405 Å². The predicted octanol–water partition coefficient (Wildman–Crippen LogP) is 23.7. The Labute approximate surface area is 676 Å². The van der Waals surface area contributed by atoms with Crippen molar-refractivity contribution in [1.82, 2.24) is 0 Å². The zero-order valence-electron chi connectivity index (χ0n) is 68.7. The molecule has 0 amide bonds. The third-order valence-electron chi connectivity index (χ3n) is 26.6. The van der Waals surface area contributed by atoms with Crippen LogP contribution in [0.25, 0.3) is 44.9 Å². The largest absolute Gasteiger partial charge is 0.452 e. The Morgan fingerprint density at radius 1 is 0.270 bits per heavy atom. The second-order valence-electron chi connectivity index (χ2n) is 37.5. The topological polar surface area (TPSA) is 42.3 Å². The van der Waals surface area contributed by atoms with Crippen LogP contribution in [0.2, 0.25) is 0 Å². The Morgan fingerprint density at radius 3 is 1.11 bits per heavy atom. The van der Waals surface area contributed by atoms with Crippen molar-refractivity contribution < 1.29 is 4.42 Å². The van der Waals surface area contributed by atoms with Crippen LogP contribution in [-0.4, -0.2) is 41.6 Å². The van der Waals surface area contributed by atoms with Crippen LogP contribution in [0.4, 0.5) is 131 Å². The number of fused-ring (bicyclic) bond motifs is 9. The van der Waals surface area contributed by atoms with E-state index in [1.807, 2.05) is 0 Å². The maximum absolute atomic E-state index is 8.16. The second kappa shape index (κ2) is 22.9. The summed E-state index contributed by atoms with van der Waals surface area (Å²) in [5.74, 6) is 1.62. The third-order valence-corrected chi connectivity index (χ3v) is 26.6. The van der Waals surface area contributed by atoms with Gasteiger partial charge < -0.3 is 48.5 Å². The number of benzene rings is 13. The lowest BCUT2D eigenvalue weighted by atomic mass is 9.30.